The van der Waals surface area contributed by atoms with Gasteiger partial charge in [0.05, 0.1) is 17.2 Å². The quantitative estimate of drug-likeness (QED) is 0.847. The third kappa shape index (κ3) is 2.81. The van der Waals surface area contributed by atoms with Crippen LogP contribution in [0.3, 0.4) is 0 Å². The average Bonchev–Trinajstić information content (AvgIpc) is 3.29. The highest BCUT2D eigenvalue weighted by Gasteiger charge is 2.35. The molecule has 24 heavy (non-hydrogen) atoms. The van der Waals surface area contributed by atoms with Gasteiger partial charge in [0, 0.05) is 13.0 Å². The molecule has 2 aliphatic rings. The number of hydrogen-bond donors (Lipinski definition) is 1. The Labute approximate surface area is 144 Å². The lowest BCUT2D eigenvalue weighted by atomic mass is 10.1. The Morgan fingerprint density at radius 2 is 1.92 bits per heavy atom. The fourth-order valence-electron chi connectivity index (χ4n) is 3.06. The van der Waals surface area contributed by atoms with E-state index in [4.69, 9.17) is 4.52 Å². The maximum absolute atomic E-state index is 12.3. The Bertz CT molecular complexity index is 735. The minimum absolute atomic E-state index is 0. The summed E-state index contributed by atoms with van der Waals surface area (Å²) in [6.07, 6.45) is 2.47. The first-order valence-electron chi connectivity index (χ1n) is 7.75. The van der Waals surface area contributed by atoms with E-state index in [9.17, 15) is 9.59 Å². The van der Waals surface area contributed by atoms with Crippen molar-refractivity contribution in [2.24, 2.45) is 0 Å². The summed E-state index contributed by atoms with van der Waals surface area (Å²) in [5.41, 5.74) is 0.919. The lowest BCUT2D eigenvalue weighted by Crippen LogP contribution is -2.31. The van der Waals surface area contributed by atoms with Gasteiger partial charge in [-0.05, 0) is 31.5 Å². The molecular formula is C16H17ClN4O3. The van der Waals surface area contributed by atoms with Gasteiger partial charge in [-0.2, -0.15) is 4.98 Å². The SMILES string of the molecule is Cl.O=C1c2ccccc2C(=O)N1CCc1noc([C@@H]2CCCN2)n1. The number of nitrogens with zero attached hydrogens (tertiary/aromatic N) is 3. The first-order chi connectivity index (χ1) is 11.2. The van der Waals surface area contributed by atoms with Crippen LogP contribution < -0.4 is 5.32 Å². The predicted octanol–water partition coefficient (Wildman–Crippen LogP) is 1.75. The molecule has 1 saturated heterocycles. The summed E-state index contributed by atoms with van der Waals surface area (Å²) in [6.45, 7) is 1.21. The van der Waals surface area contributed by atoms with Gasteiger partial charge in [0.15, 0.2) is 5.82 Å². The van der Waals surface area contributed by atoms with Crippen molar-refractivity contribution in [3.63, 3.8) is 0 Å². The van der Waals surface area contributed by atoms with Crippen molar-refractivity contribution < 1.29 is 14.1 Å². The van der Waals surface area contributed by atoms with Crippen LogP contribution >= 0.6 is 12.4 Å². The van der Waals surface area contributed by atoms with Crippen molar-refractivity contribution >= 4 is 24.2 Å². The summed E-state index contributed by atoms with van der Waals surface area (Å²) in [5.74, 6) is 0.587. The summed E-state index contributed by atoms with van der Waals surface area (Å²) < 4.78 is 5.27. The summed E-state index contributed by atoms with van der Waals surface area (Å²) in [5, 5.41) is 7.24. The van der Waals surface area contributed by atoms with E-state index in [2.05, 4.69) is 15.5 Å². The molecule has 2 aromatic rings. The normalized spacial score (nSPS) is 19.5. The van der Waals surface area contributed by atoms with Crippen LogP contribution in [0.1, 0.15) is 51.3 Å². The molecule has 0 saturated carbocycles. The van der Waals surface area contributed by atoms with Gasteiger partial charge in [-0.1, -0.05) is 17.3 Å². The highest BCUT2D eigenvalue weighted by atomic mass is 35.5. The number of amides is 2. The van der Waals surface area contributed by atoms with Crippen LogP contribution in [-0.4, -0.2) is 39.9 Å². The first-order valence-corrected chi connectivity index (χ1v) is 7.75. The van der Waals surface area contributed by atoms with E-state index < -0.39 is 0 Å². The zero-order chi connectivity index (χ0) is 15.8. The maximum atomic E-state index is 12.3. The molecule has 0 radical (unpaired) electrons. The van der Waals surface area contributed by atoms with Crippen LogP contribution in [0.25, 0.3) is 0 Å². The van der Waals surface area contributed by atoms with Crippen LogP contribution in [0.15, 0.2) is 28.8 Å². The van der Waals surface area contributed by atoms with Crippen LogP contribution in [0.2, 0.25) is 0 Å². The molecule has 4 rings (SSSR count). The van der Waals surface area contributed by atoms with Crippen LogP contribution in [0, 0.1) is 0 Å². The van der Waals surface area contributed by atoms with Crippen molar-refractivity contribution in [3.8, 4) is 0 Å². The molecule has 0 unspecified atom stereocenters. The lowest BCUT2D eigenvalue weighted by molar-refractivity contribution is 0.0655. The Balaban J connectivity index is 0.00000169. The summed E-state index contributed by atoms with van der Waals surface area (Å²) >= 11 is 0. The zero-order valence-corrected chi connectivity index (χ0v) is 13.7. The average molecular weight is 349 g/mol. The number of nitrogens with one attached hydrogen (secondary N) is 1. The van der Waals surface area contributed by atoms with Crippen LogP contribution in [0.5, 0.6) is 0 Å². The smallest absolute Gasteiger partial charge is 0.261 e. The number of benzene rings is 1. The largest absolute Gasteiger partial charge is 0.338 e. The Morgan fingerprint density at radius 3 is 2.54 bits per heavy atom. The van der Waals surface area contributed by atoms with Gasteiger partial charge >= 0.3 is 0 Å². The molecule has 8 heteroatoms. The van der Waals surface area contributed by atoms with Gasteiger partial charge in [0.1, 0.15) is 0 Å². The molecule has 1 aromatic carbocycles. The molecule has 0 bridgehead atoms. The van der Waals surface area contributed by atoms with Crippen molar-refractivity contribution in [3.05, 3.63) is 47.1 Å². The summed E-state index contributed by atoms with van der Waals surface area (Å²) in [7, 11) is 0. The Hall–Kier alpha value is -2.25. The third-order valence-corrected chi connectivity index (χ3v) is 4.28. The molecule has 2 amide bonds. The highest BCUT2D eigenvalue weighted by molar-refractivity contribution is 6.21. The number of halogens is 1. The minimum atomic E-state index is -0.258. The molecule has 126 valence electrons. The van der Waals surface area contributed by atoms with E-state index in [0.29, 0.717) is 29.3 Å². The van der Waals surface area contributed by atoms with E-state index in [-0.39, 0.29) is 36.8 Å². The number of imide groups is 1. The topological polar surface area (TPSA) is 88.3 Å². The number of fused-ring (bicyclic) bond motifs is 1. The van der Waals surface area contributed by atoms with Gasteiger partial charge in [0.2, 0.25) is 5.89 Å². The minimum Gasteiger partial charge on any atom is -0.338 e. The highest BCUT2D eigenvalue weighted by Crippen LogP contribution is 2.23. The van der Waals surface area contributed by atoms with E-state index in [1.54, 1.807) is 24.3 Å². The second kappa shape index (κ2) is 6.70. The van der Waals surface area contributed by atoms with Crippen molar-refractivity contribution in [2.75, 3.05) is 13.1 Å². The number of hydrogen-bond acceptors (Lipinski definition) is 6. The number of carbonyl (C=O) groups is 2. The van der Waals surface area contributed by atoms with E-state index in [0.717, 1.165) is 19.4 Å². The van der Waals surface area contributed by atoms with Gasteiger partial charge in [-0.3, -0.25) is 14.5 Å². The van der Waals surface area contributed by atoms with Crippen LogP contribution in [-0.2, 0) is 6.42 Å². The summed E-state index contributed by atoms with van der Waals surface area (Å²) in [6, 6.07) is 6.98. The molecule has 2 aliphatic heterocycles. The second-order valence-corrected chi connectivity index (χ2v) is 5.76. The summed E-state index contributed by atoms with van der Waals surface area (Å²) in [4.78, 5) is 30.2. The Kier molecular flexibility index (Phi) is 4.64. The monoisotopic (exact) mass is 348 g/mol. The number of carbonyl (C=O) groups excluding carboxylic acids is 2. The second-order valence-electron chi connectivity index (χ2n) is 5.76. The number of aromatic nitrogens is 2. The molecule has 1 atom stereocenters. The molecule has 1 aromatic heterocycles. The number of rotatable bonds is 4. The molecule has 1 N–H and O–H groups in total. The molecule has 1 fully saturated rings. The molecule has 7 nitrogen and oxygen atoms in total. The molecule has 3 heterocycles. The van der Waals surface area contributed by atoms with E-state index >= 15 is 0 Å². The first kappa shape index (κ1) is 16.6. The van der Waals surface area contributed by atoms with Gasteiger partial charge in [-0.15, -0.1) is 12.4 Å². The van der Waals surface area contributed by atoms with Crippen molar-refractivity contribution in [1.82, 2.24) is 20.4 Å². The van der Waals surface area contributed by atoms with Crippen LogP contribution in [0.4, 0.5) is 0 Å². The van der Waals surface area contributed by atoms with Crippen molar-refractivity contribution in [1.29, 1.82) is 0 Å². The Morgan fingerprint density at radius 1 is 1.21 bits per heavy atom. The molecule has 0 spiro atoms. The lowest BCUT2D eigenvalue weighted by Gasteiger charge is -2.11. The van der Waals surface area contributed by atoms with Gasteiger partial charge < -0.3 is 9.84 Å². The fourth-order valence-corrected chi connectivity index (χ4v) is 3.06. The van der Waals surface area contributed by atoms with Gasteiger partial charge in [-0.25, -0.2) is 0 Å². The molecule has 0 aliphatic carbocycles. The standard InChI is InChI=1S/C16H16N4O3.ClH/c21-15-10-4-1-2-5-11(10)16(22)20(15)9-7-13-18-14(23-19-13)12-6-3-8-17-12;/h1-2,4-5,12,17H,3,6-9H2;1H/t12-;/m0./s1. The van der Waals surface area contributed by atoms with Gasteiger partial charge in [0.25, 0.3) is 11.8 Å². The van der Waals surface area contributed by atoms with E-state index in [1.165, 1.54) is 4.90 Å². The van der Waals surface area contributed by atoms with Crippen molar-refractivity contribution in [2.45, 2.75) is 25.3 Å². The maximum Gasteiger partial charge on any atom is 0.261 e. The van der Waals surface area contributed by atoms with E-state index in [1.807, 2.05) is 0 Å². The fraction of sp³-hybridized carbons (Fsp3) is 0.375. The third-order valence-electron chi connectivity index (χ3n) is 4.28. The predicted molar refractivity (Wildman–Crippen MR) is 87.0 cm³/mol. The zero-order valence-electron chi connectivity index (χ0n) is 12.9. The molecular weight excluding hydrogens is 332 g/mol.